The number of aromatic amines is 2. The van der Waals surface area contributed by atoms with Crippen molar-refractivity contribution < 1.29 is 4.79 Å². The van der Waals surface area contributed by atoms with Crippen molar-refractivity contribution in [3.63, 3.8) is 0 Å². The number of nitrogens with zero attached hydrogens (tertiary/aromatic N) is 5. The highest BCUT2D eigenvalue weighted by Crippen LogP contribution is 2.35. The van der Waals surface area contributed by atoms with E-state index in [4.69, 9.17) is 4.98 Å². The van der Waals surface area contributed by atoms with Crippen molar-refractivity contribution in [2.75, 3.05) is 6.54 Å². The average molecular weight is 549 g/mol. The molecule has 0 radical (unpaired) electrons. The third kappa shape index (κ3) is 4.69. The third-order valence-corrected chi connectivity index (χ3v) is 8.83. The van der Waals surface area contributed by atoms with E-state index in [0.717, 1.165) is 61.9 Å². The molecule has 0 bridgehead atoms. The molecular formula is C30H28N8OS. The van der Waals surface area contributed by atoms with Crippen molar-refractivity contribution >= 4 is 39.3 Å². The van der Waals surface area contributed by atoms with Gasteiger partial charge in [-0.1, -0.05) is 12.8 Å². The number of hydrogen-bond donors (Lipinski definition) is 3. The molecule has 10 heteroatoms. The van der Waals surface area contributed by atoms with Crippen molar-refractivity contribution in [2.24, 2.45) is 5.92 Å². The molecule has 0 saturated heterocycles. The van der Waals surface area contributed by atoms with Gasteiger partial charge in [0.1, 0.15) is 11.2 Å². The van der Waals surface area contributed by atoms with Gasteiger partial charge in [-0.3, -0.25) is 14.9 Å². The second-order valence-corrected chi connectivity index (χ2v) is 11.5. The fraction of sp³-hybridized carbons (Fsp3) is 0.267. The number of carbonyl (C=O) groups is 1. The van der Waals surface area contributed by atoms with Crippen LogP contribution >= 0.6 is 11.3 Å². The van der Waals surface area contributed by atoms with Crippen LogP contribution < -0.4 is 5.32 Å². The zero-order valence-electron chi connectivity index (χ0n) is 22.1. The van der Waals surface area contributed by atoms with Gasteiger partial charge in [0.2, 0.25) is 0 Å². The van der Waals surface area contributed by atoms with E-state index in [2.05, 4.69) is 47.6 Å². The zero-order valence-corrected chi connectivity index (χ0v) is 22.9. The lowest BCUT2D eigenvalue weighted by Gasteiger charge is -2.11. The Morgan fingerprint density at radius 3 is 2.77 bits per heavy atom. The van der Waals surface area contributed by atoms with Gasteiger partial charge in [0.05, 0.1) is 10.3 Å². The molecule has 0 unspecified atom stereocenters. The van der Waals surface area contributed by atoms with Crippen LogP contribution in [0.4, 0.5) is 0 Å². The first-order valence-corrected chi connectivity index (χ1v) is 14.4. The Kier molecular flexibility index (Phi) is 6.41. The number of thiophene rings is 1. The second-order valence-electron chi connectivity index (χ2n) is 10.4. The van der Waals surface area contributed by atoms with E-state index in [-0.39, 0.29) is 5.78 Å². The molecule has 9 nitrogen and oxygen atoms in total. The number of fused-ring (bicyclic) bond motifs is 2. The predicted molar refractivity (Wildman–Crippen MR) is 157 cm³/mol. The normalized spacial score (nSPS) is 14.0. The van der Waals surface area contributed by atoms with E-state index < -0.39 is 0 Å². The number of imidazole rings is 1. The Morgan fingerprint density at radius 2 is 1.93 bits per heavy atom. The maximum atomic E-state index is 11.8. The molecule has 0 spiro atoms. The largest absolute Gasteiger partial charge is 0.321 e. The highest BCUT2D eigenvalue weighted by atomic mass is 32.1. The van der Waals surface area contributed by atoms with E-state index in [0.29, 0.717) is 22.8 Å². The SMILES string of the molecule is CC(=O)c1ccc(-c2ccnc3[nH]c(-c4n[nH]c5ncc(-c6cncc(CNCC7CCCC7)c6)cc45)nc23)s1. The molecule has 6 aromatic rings. The van der Waals surface area contributed by atoms with E-state index >= 15 is 0 Å². The van der Waals surface area contributed by atoms with Gasteiger partial charge >= 0.3 is 0 Å². The van der Waals surface area contributed by atoms with Crippen molar-refractivity contribution in [3.05, 3.63) is 65.6 Å². The quantitative estimate of drug-likeness (QED) is 0.194. The third-order valence-electron chi connectivity index (χ3n) is 7.61. The summed E-state index contributed by atoms with van der Waals surface area (Å²) >= 11 is 1.46. The number of aromatic nitrogens is 7. The van der Waals surface area contributed by atoms with Gasteiger partial charge < -0.3 is 10.3 Å². The molecule has 3 N–H and O–H groups in total. The van der Waals surface area contributed by atoms with E-state index in [1.807, 2.05) is 36.8 Å². The number of nitrogens with one attached hydrogen (secondary N) is 3. The molecule has 1 fully saturated rings. The number of hydrogen-bond acceptors (Lipinski definition) is 8. The highest BCUT2D eigenvalue weighted by Gasteiger charge is 2.18. The Hall–Kier alpha value is -4.28. The molecule has 0 amide bonds. The summed E-state index contributed by atoms with van der Waals surface area (Å²) < 4.78 is 0. The number of pyridine rings is 3. The topological polar surface area (TPSA) is 125 Å². The molecule has 0 atom stereocenters. The van der Waals surface area contributed by atoms with E-state index in [1.165, 1.54) is 37.0 Å². The number of carbonyl (C=O) groups excluding carboxylic acids is 1. The second kappa shape index (κ2) is 10.4. The molecule has 7 rings (SSSR count). The molecule has 40 heavy (non-hydrogen) atoms. The van der Waals surface area contributed by atoms with Crippen LogP contribution in [0, 0.1) is 5.92 Å². The Bertz CT molecular complexity index is 1850. The molecule has 1 aliphatic rings. The number of ketones is 1. The molecule has 0 aromatic carbocycles. The van der Waals surface area contributed by atoms with Crippen LogP contribution in [-0.4, -0.2) is 47.4 Å². The van der Waals surface area contributed by atoms with Gasteiger partial charge in [0.25, 0.3) is 0 Å². The summed E-state index contributed by atoms with van der Waals surface area (Å²) in [4.78, 5) is 35.4. The highest BCUT2D eigenvalue weighted by molar-refractivity contribution is 7.17. The molecule has 0 aliphatic heterocycles. The first kappa shape index (κ1) is 24.7. The lowest BCUT2D eigenvalue weighted by molar-refractivity contribution is 0.102. The van der Waals surface area contributed by atoms with Gasteiger partial charge in [0.15, 0.2) is 22.9 Å². The summed E-state index contributed by atoms with van der Waals surface area (Å²) in [5.74, 6) is 1.46. The Morgan fingerprint density at radius 1 is 1.05 bits per heavy atom. The Balaban J connectivity index is 1.20. The van der Waals surface area contributed by atoms with Crippen molar-refractivity contribution in [2.45, 2.75) is 39.2 Å². The van der Waals surface area contributed by atoms with E-state index in [9.17, 15) is 4.79 Å². The van der Waals surface area contributed by atoms with Crippen LogP contribution in [0.25, 0.3) is 55.3 Å². The van der Waals surface area contributed by atoms with Crippen LogP contribution in [-0.2, 0) is 6.54 Å². The van der Waals surface area contributed by atoms with Crippen LogP contribution in [0.15, 0.2) is 55.1 Å². The summed E-state index contributed by atoms with van der Waals surface area (Å²) in [5, 5.41) is 12.0. The zero-order chi connectivity index (χ0) is 27.1. The number of H-pyrrole nitrogens is 2. The molecule has 1 aliphatic carbocycles. The molecule has 6 aromatic heterocycles. The fourth-order valence-corrected chi connectivity index (χ4v) is 6.44. The monoisotopic (exact) mass is 548 g/mol. The maximum Gasteiger partial charge on any atom is 0.169 e. The summed E-state index contributed by atoms with van der Waals surface area (Å²) in [6.07, 6.45) is 12.8. The molecule has 200 valence electrons. The first-order valence-electron chi connectivity index (χ1n) is 13.6. The van der Waals surface area contributed by atoms with Gasteiger partial charge in [-0.2, -0.15) is 5.10 Å². The van der Waals surface area contributed by atoms with Crippen LogP contribution in [0.3, 0.4) is 0 Å². The minimum atomic E-state index is 0.0524. The molecule has 6 heterocycles. The predicted octanol–water partition coefficient (Wildman–Crippen LogP) is 6.17. The molecule has 1 saturated carbocycles. The minimum absolute atomic E-state index is 0.0524. The van der Waals surface area contributed by atoms with Crippen molar-refractivity contribution in [1.29, 1.82) is 0 Å². The Labute approximate surface area is 234 Å². The lowest BCUT2D eigenvalue weighted by atomic mass is 10.1. The average Bonchev–Trinajstić information content (AvgIpc) is 3.78. The van der Waals surface area contributed by atoms with Crippen LogP contribution in [0.1, 0.15) is 47.8 Å². The van der Waals surface area contributed by atoms with Gasteiger partial charge in [-0.15, -0.1) is 11.3 Å². The number of rotatable bonds is 8. The van der Waals surface area contributed by atoms with Gasteiger partial charge in [-0.05, 0) is 68.1 Å². The smallest absolute Gasteiger partial charge is 0.169 e. The van der Waals surface area contributed by atoms with Crippen molar-refractivity contribution in [1.82, 2.24) is 40.4 Å². The van der Waals surface area contributed by atoms with Gasteiger partial charge in [-0.25, -0.2) is 15.0 Å². The van der Waals surface area contributed by atoms with Crippen LogP contribution in [0.5, 0.6) is 0 Å². The maximum absolute atomic E-state index is 11.8. The summed E-state index contributed by atoms with van der Waals surface area (Å²) in [7, 11) is 0. The van der Waals surface area contributed by atoms with E-state index in [1.54, 1.807) is 13.1 Å². The number of Topliss-reactive ketones (excluding diaryl/α,β-unsaturated/α-hetero) is 1. The standard InChI is InChI=1S/C30H28N8OS/c1-17(39)24-6-7-25(40-24)22-8-9-33-29-26(22)35-30(36-29)27-23-11-21(16-34-28(23)38-37-27)20-10-19(14-32-15-20)13-31-12-18-4-2-3-5-18/h6-11,14-16,18,31H,2-5,12-13H2,1H3,(H,33,35,36)(H,34,37,38). The summed E-state index contributed by atoms with van der Waals surface area (Å²) in [6, 6.07) is 9.98. The van der Waals surface area contributed by atoms with Crippen LogP contribution in [0.2, 0.25) is 0 Å². The fourth-order valence-electron chi connectivity index (χ4n) is 5.51. The first-order chi connectivity index (χ1) is 19.6. The summed E-state index contributed by atoms with van der Waals surface area (Å²) in [6.45, 7) is 3.45. The van der Waals surface area contributed by atoms with Gasteiger partial charge in [0, 0.05) is 52.9 Å². The van der Waals surface area contributed by atoms with Crippen molar-refractivity contribution in [3.8, 4) is 33.1 Å². The summed E-state index contributed by atoms with van der Waals surface area (Å²) in [5.41, 5.74) is 6.79. The minimum Gasteiger partial charge on any atom is -0.321 e. The lowest BCUT2D eigenvalue weighted by Crippen LogP contribution is -2.20. The molecular weight excluding hydrogens is 520 g/mol.